The number of sulfonamides is 1. The Morgan fingerprint density at radius 2 is 1.59 bits per heavy atom. The molecule has 0 saturated heterocycles. The number of aryl methyl sites for hydroxylation is 2. The van der Waals surface area contributed by atoms with E-state index < -0.39 is 16.0 Å². The molecule has 0 unspecified atom stereocenters. The molecule has 0 spiro atoms. The molecule has 0 atom stereocenters. The summed E-state index contributed by atoms with van der Waals surface area (Å²) in [5, 5.41) is 9.42. The third kappa shape index (κ3) is 5.50. The Balaban J connectivity index is 1.68. The average Bonchev–Trinajstić information content (AvgIpc) is 2.69. The fourth-order valence-electron chi connectivity index (χ4n) is 2.78. The number of halogens is 2. The van der Waals surface area contributed by atoms with Crippen LogP contribution < -0.4 is 4.72 Å². The number of rotatable bonds is 7. The number of carboxylic acids is 1. The summed E-state index contributed by atoms with van der Waals surface area (Å²) in [4.78, 5) is 11.0. The van der Waals surface area contributed by atoms with E-state index in [4.69, 9.17) is 28.3 Å². The molecule has 0 aromatic heterocycles. The molecule has 150 valence electrons. The zero-order valence-corrected chi connectivity index (χ0v) is 17.4. The number of hydrogen-bond acceptors (Lipinski definition) is 3. The fourth-order valence-corrected chi connectivity index (χ4v) is 4.60. The summed E-state index contributed by atoms with van der Waals surface area (Å²) in [6.07, 6.45) is 1.36. The van der Waals surface area contributed by atoms with Crippen LogP contribution in [0.5, 0.6) is 0 Å². The first kappa shape index (κ1) is 21.2. The minimum Gasteiger partial charge on any atom is -0.478 e. The van der Waals surface area contributed by atoms with E-state index in [0.717, 1.165) is 11.1 Å². The van der Waals surface area contributed by atoms with Crippen molar-refractivity contribution in [1.29, 1.82) is 0 Å². The number of benzene rings is 3. The Morgan fingerprint density at radius 1 is 0.897 bits per heavy atom. The summed E-state index contributed by atoms with van der Waals surface area (Å²) in [5.41, 5.74) is 2.57. The minimum atomic E-state index is -3.87. The lowest BCUT2D eigenvalue weighted by atomic mass is 10.0. The molecule has 0 heterocycles. The Labute approximate surface area is 179 Å². The molecule has 3 aromatic rings. The van der Waals surface area contributed by atoms with Crippen LogP contribution in [0.2, 0.25) is 10.0 Å². The van der Waals surface area contributed by atoms with Crippen molar-refractivity contribution in [3.8, 4) is 0 Å². The highest BCUT2D eigenvalue weighted by Crippen LogP contribution is 2.27. The van der Waals surface area contributed by atoms with Crippen LogP contribution in [0.25, 0.3) is 0 Å². The van der Waals surface area contributed by atoms with Gasteiger partial charge in [0.05, 0.1) is 10.6 Å². The SMILES string of the molecule is O=C(O)c1cccc(CCc2ccc(NS(=O)(=O)c3cc(Cl)ccc3Cl)cc2)c1. The first-order valence-electron chi connectivity index (χ1n) is 8.64. The number of anilines is 1. The number of carboxylic acid groups (broad SMARTS) is 1. The summed E-state index contributed by atoms with van der Waals surface area (Å²) < 4.78 is 27.6. The van der Waals surface area contributed by atoms with E-state index in [1.54, 1.807) is 30.3 Å². The van der Waals surface area contributed by atoms with Crippen LogP contribution in [0.3, 0.4) is 0 Å². The van der Waals surface area contributed by atoms with Crippen LogP contribution in [-0.2, 0) is 22.9 Å². The van der Waals surface area contributed by atoms with Crippen LogP contribution in [0, 0.1) is 0 Å². The van der Waals surface area contributed by atoms with Gasteiger partial charge in [0.25, 0.3) is 10.0 Å². The second kappa shape index (κ2) is 8.86. The lowest BCUT2D eigenvalue weighted by Gasteiger charge is -2.11. The molecule has 0 fully saturated rings. The van der Waals surface area contributed by atoms with Crippen molar-refractivity contribution in [2.45, 2.75) is 17.7 Å². The standard InChI is InChI=1S/C21H17Cl2NO4S/c22-17-8-11-19(23)20(13-17)29(27,28)24-18-9-6-14(7-10-18)4-5-15-2-1-3-16(12-15)21(25)26/h1-3,6-13,24H,4-5H2,(H,25,26). The second-order valence-corrected chi connectivity index (χ2v) is 8.88. The van der Waals surface area contributed by atoms with E-state index in [9.17, 15) is 13.2 Å². The van der Waals surface area contributed by atoms with Gasteiger partial charge in [-0.15, -0.1) is 0 Å². The summed E-state index contributed by atoms with van der Waals surface area (Å²) in [5.74, 6) is -0.955. The van der Waals surface area contributed by atoms with E-state index in [1.165, 1.54) is 18.2 Å². The predicted molar refractivity (Wildman–Crippen MR) is 115 cm³/mol. The molecule has 0 aliphatic rings. The van der Waals surface area contributed by atoms with Gasteiger partial charge in [0, 0.05) is 10.7 Å². The summed E-state index contributed by atoms with van der Waals surface area (Å²) >= 11 is 11.9. The van der Waals surface area contributed by atoms with Crippen molar-refractivity contribution in [3.63, 3.8) is 0 Å². The molecule has 8 heteroatoms. The highest BCUT2D eigenvalue weighted by molar-refractivity contribution is 7.92. The monoisotopic (exact) mass is 449 g/mol. The quantitative estimate of drug-likeness (QED) is 0.513. The van der Waals surface area contributed by atoms with Crippen LogP contribution >= 0.6 is 23.2 Å². The Bertz CT molecular complexity index is 1150. The highest BCUT2D eigenvalue weighted by atomic mass is 35.5. The molecular weight excluding hydrogens is 433 g/mol. The van der Waals surface area contributed by atoms with Gasteiger partial charge in [0.15, 0.2) is 0 Å². The van der Waals surface area contributed by atoms with Gasteiger partial charge < -0.3 is 5.11 Å². The molecule has 0 aliphatic carbocycles. The molecule has 0 bridgehead atoms. The van der Waals surface area contributed by atoms with E-state index in [-0.39, 0.29) is 20.5 Å². The number of nitrogens with one attached hydrogen (secondary N) is 1. The summed E-state index contributed by atoms with van der Waals surface area (Å²) in [6, 6.07) is 18.0. The molecule has 3 aromatic carbocycles. The maximum absolute atomic E-state index is 12.6. The molecule has 0 aliphatic heterocycles. The highest BCUT2D eigenvalue weighted by Gasteiger charge is 2.18. The third-order valence-corrected chi connectivity index (χ3v) is 6.36. The maximum atomic E-state index is 12.6. The third-order valence-electron chi connectivity index (χ3n) is 4.27. The summed E-state index contributed by atoms with van der Waals surface area (Å²) in [6.45, 7) is 0. The predicted octanol–water partition coefficient (Wildman–Crippen LogP) is 5.28. The molecule has 5 nitrogen and oxygen atoms in total. The van der Waals surface area contributed by atoms with Gasteiger partial charge >= 0.3 is 5.97 Å². The van der Waals surface area contributed by atoms with Gasteiger partial charge in [0.1, 0.15) is 4.90 Å². The Morgan fingerprint density at radius 3 is 2.28 bits per heavy atom. The summed E-state index contributed by atoms with van der Waals surface area (Å²) in [7, 11) is -3.87. The smallest absolute Gasteiger partial charge is 0.335 e. The van der Waals surface area contributed by atoms with Crippen molar-refractivity contribution in [2.24, 2.45) is 0 Å². The topological polar surface area (TPSA) is 83.5 Å². The minimum absolute atomic E-state index is 0.0853. The van der Waals surface area contributed by atoms with Gasteiger partial charge in [-0.3, -0.25) is 4.72 Å². The number of carbonyl (C=O) groups is 1. The maximum Gasteiger partial charge on any atom is 0.335 e. The first-order chi connectivity index (χ1) is 13.7. The van der Waals surface area contributed by atoms with E-state index >= 15 is 0 Å². The van der Waals surface area contributed by atoms with Crippen molar-refractivity contribution < 1.29 is 18.3 Å². The number of aromatic carboxylic acids is 1. The van der Waals surface area contributed by atoms with Crippen LogP contribution in [-0.4, -0.2) is 19.5 Å². The molecule has 2 N–H and O–H groups in total. The molecule has 29 heavy (non-hydrogen) atoms. The fraction of sp³-hybridized carbons (Fsp3) is 0.0952. The normalized spacial score (nSPS) is 11.2. The largest absolute Gasteiger partial charge is 0.478 e. The van der Waals surface area contributed by atoms with E-state index in [2.05, 4.69) is 4.72 Å². The van der Waals surface area contributed by atoms with Crippen molar-refractivity contribution in [1.82, 2.24) is 0 Å². The zero-order chi connectivity index (χ0) is 21.0. The molecule has 3 rings (SSSR count). The van der Waals surface area contributed by atoms with Gasteiger partial charge in [-0.25, -0.2) is 13.2 Å². The Kier molecular flexibility index (Phi) is 6.47. The molecule has 0 amide bonds. The van der Waals surface area contributed by atoms with Crippen LogP contribution in [0.4, 0.5) is 5.69 Å². The van der Waals surface area contributed by atoms with Gasteiger partial charge in [-0.05, 0) is 66.4 Å². The first-order valence-corrected chi connectivity index (χ1v) is 10.9. The van der Waals surface area contributed by atoms with Crippen LogP contribution in [0.15, 0.2) is 71.6 Å². The van der Waals surface area contributed by atoms with Gasteiger partial charge in [0.2, 0.25) is 0 Å². The van der Waals surface area contributed by atoms with Crippen molar-refractivity contribution in [2.75, 3.05) is 4.72 Å². The van der Waals surface area contributed by atoms with Gasteiger partial charge in [-0.2, -0.15) is 0 Å². The molecule has 0 saturated carbocycles. The molecular formula is C21H17Cl2NO4S. The van der Waals surface area contributed by atoms with Gasteiger partial charge in [-0.1, -0.05) is 47.5 Å². The second-order valence-electron chi connectivity index (χ2n) is 6.38. The lowest BCUT2D eigenvalue weighted by Crippen LogP contribution is -2.13. The van der Waals surface area contributed by atoms with Crippen LogP contribution in [0.1, 0.15) is 21.5 Å². The number of hydrogen-bond donors (Lipinski definition) is 2. The van der Waals surface area contributed by atoms with Crippen molar-refractivity contribution in [3.05, 3.63) is 93.5 Å². The Hall–Kier alpha value is -2.54. The molecule has 0 radical (unpaired) electrons. The average molecular weight is 450 g/mol. The van der Waals surface area contributed by atoms with E-state index in [1.807, 2.05) is 18.2 Å². The zero-order valence-electron chi connectivity index (χ0n) is 15.1. The lowest BCUT2D eigenvalue weighted by molar-refractivity contribution is 0.0696. The van der Waals surface area contributed by atoms with Crippen molar-refractivity contribution >= 4 is 44.9 Å². The van der Waals surface area contributed by atoms with E-state index in [0.29, 0.717) is 18.5 Å².